The van der Waals surface area contributed by atoms with Gasteiger partial charge in [0, 0.05) is 6.61 Å². The number of rotatable bonds is 2. The van der Waals surface area contributed by atoms with Crippen LogP contribution in [0, 0.1) is 5.92 Å². The van der Waals surface area contributed by atoms with E-state index in [1.807, 2.05) is 0 Å². The van der Waals surface area contributed by atoms with Crippen molar-refractivity contribution in [2.24, 2.45) is 5.92 Å². The Morgan fingerprint density at radius 3 is 2.15 bits per heavy atom. The van der Waals surface area contributed by atoms with Gasteiger partial charge in [-0.25, -0.2) is 0 Å². The van der Waals surface area contributed by atoms with Gasteiger partial charge < -0.3 is 5.11 Å². The molecule has 1 fully saturated rings. The average Bonchev–Trinajstić information content (AvgIpc) is 3.08. The molecule has 20 heavy (non-hydrogen) atoms. The van der Waals surface area contributed by atoms with Crippen molar-refractivity contribution in [3.63, 3.8) is 0 Å². The predicted molar refractivity (Wildman–Crippen MR) is 84.3 cm³/mol. The number of benzene rings is 1. The van der Waals surface area contributed by atoms with Crippen LogP contribution in [0.4, 0.5) is 0 Å². The molecule has 0 aliphatic heterocycles. The molecule has 1 N–H and O–H groups in total. The summed E-state index contributed by atoms with van der Waals surface area (Å²) in [6.07, 6.45) is 3.66. The van der Waals surface area contributed by atoms with Crippen LogP contribution in [-0.2, 0) is 16.2 Å². The Labute approximate surface area is 123 Å². The molecule has 0 heterocycles. The minimum atomic E-state index is 0.210. The third kappa shape index (κ3) is 1.94. The van der Waals surface area contributed by atoms with E-state index in [-0.39, 0.29) is 10.8 Å². The molecule has 0 bridgehead atoms. The van der Waals surface area contributed by atoms with Gasteiger partial charge in [0.2, 0.25) is 0 Å². The molecule has 0 radical (unpaired) electrons. The summed E-state index contributed by atoms with van der Waals surface area (Å²) in [7, 11) is 0. The van der Waals surface area contributed by atoms with Crippen LogP contribution in [0.25, 0.3) is 0 Å². The van der Waals surface area contributed by atoms with Crippen LogP contribution in [0.1, 0.15) is 70.6 Å². The van der Waals surface area contributed by atoms with Gasteiger partial charge in [0.1, 0.15) is 0 Å². The second kappa shape index (κ2) is 4.10. The molecule has 0 spiro atoms. The number of aliphatic hydroxyl groups is 1. The Bertz CT molecular complexity index is 541. The highest BCUT2D eigenvalue weighted by Gasteiger charge is 2.51. The summed E-state index contributed by atoms with van der Waals surface area (Å²) in [6.45, 7) is 12.1. The highest BCUT2D eigenvalue weighted by molar-refractivity contribution is 5.47. The fourth-order valence-electron chi connectivity index (χ4n) is 4.02. The number of hydrogen-bond acceptors (Lipinski definition) is 1. The van der Waals surface area contributed by atoms with Crippen LogP contribution in [-0.4, -0.2) is 11.7 Å². The van der Waals surface area contributed by atoms with Gasteiger partial charge in [-0.3, -0.25) is 0 Å². The molecule has 3 rings (SSSR count). The minimum Gasteiger partial charge on any atom is -0.396 e. The monoisotopic (exact) mass is 272 g/mol. The Morgan fingerprint density at radius 2 is 1.60 bits per heavy atom. The second-order valence-electron chi connectivity index (χ2n) is 8.53. The normalized spacial score (nSPS) is 33.6. The van der Waals surface area contributed by atoms with Crippen LogP contribution in [0.3, 0.4) is 0 Å². The predicted octanol–water partition coefficient (Wildman–Crippen LogP) is 4.31. The van der Waals surface area contributed by atoms with Gasteiger partial charge in [0.15, 0.2) is 0 Å². The topological polar surface area (TPSA) is 20.2 Å². The van der Waals surface area contributed by atoms with E-state index < -0.39 is 0 Å². The average molecular weight is 272 g/mol. The molecule has 1 aromatic carbocycles. The molecule has 0 saturated heterocycles. The van der Waals surface area contributed by atoms with Crippen molar-refractivity contribution in [1.82, 2.24) is 0 Å². The molecular weight excluding hydrogens is 244 g/mol. The van der Waals surface area contributed by atoms with E-state index in [9.17, 15) is 5.11 Å². The van der Waals surface area contributed by atoms with E-state index in [0.717, 1.165) is 6.42 Å². The van der Waals surface area contributed by atoms with Gasteiger partial charge in [-0.1, -0.05) is 52.8 Å². The van der Waals surface area contributed by atoms with E-state index in [4.69, 9.17) is 0 Å². The molecule has 0 amide bonds. The quantitative estimate of drug-likeness (QED) is 0.850. The van der Waals surface area contributed by atoms with Gasteiger partial charge >= 0.3 is 0 Å². The molecule has 1 saturated carbocycles. The number of fused-ring (bicyclic) bond motifs is 1. The zero-order valence-corrected chi connectivity index (χ0v) is 13.6. The highest BCUT2D eigenvalue weighted by atomic mass is 16.3. The maximum Gasteiger partial charge on any atom is 0.0468 e. The molecule has 1 nitrogen and oxygen atoms in total. The molecule has 0 aromatic heterocycles. The highest BCUT2D eigenvalue weighted by Crippen LogP contribution is 2.55. The molecule has 110 valence electrons. The zero-order valence-electron chi connectivity index (χ0n) is 13.6. The molecule has 1 heteroatoms. The summed E-state index contributed by atoms with van der Waals surface area (Å²) in [5, 5.41) is 9.43. The number of aliphatic hydroxyl groups excluding tert-OH is 1. The smallest absolute Gasteiger partial charge is 0.0468 e. The summed E-state index contributed by atoms with van der Waals surface area (Å²) >= 11 is 0. The van der Waals surface area contributed by atoms with Crippen LogP contribution in [0.2, 0.25) is 0 Å². The Hall–Kier alpha value is -0.820. The third-order valence-corrected chi connectivity index (χ3v) is 6.14. The van der Waals surface area contributed by atoms with Gasteiger partial charge in [-0.15, -0.1) is 0 Å². The van der Waals surface area contributed by atoms with Crippen molar-refractivity contribution >= 4 is 0 Å². The maximum atomic E-state index is 9.43. The van der Waals surface area contributed by atoms with Gasteiger partial charge in [-0.2, -0.15) is 0 Å². The van der Waals surface area contributed by atoms with Crippen LogP contribution >= 0.6 is 0 Å². The lowest BCUT2D eigenvalue weighted by molar-refractivity contribution is 0.265. The molecule has 0 unspecified atom stereocenters. The van der Waals surface area contributed by atoms with Gasteiger partial charge in [0.25, 0.3) is 0 Å². The first-order valence-corrected chi connectivity index (χ1v) is 7.97. The van der Waals surface area contributed by atoms with E-state index in [0.29, 0.717) is 17.9 Å². The van der Waals surface area contributed by atoms with E-state index in [1.165, 1.54) is 29.5 Å². The standard InChI is InChI=1S/C19H28O/c1-17(2)8-9-18(3,4)16-10-13(6-7-15(16)17)19(5)11-14(19)12-20/h6-7,10,14,20H,8-9,11-12H2,1-5H3/t14-,19+/m1/s1. The van der Waals surface area contributed by atoms with E-state index in [2.05, 4.69) is 52.8 Å². The molecule has 1 aromatic rings. The molecule has 2 aliphatic rings. The summed E-state index contributed by atoms with van der Waals surface area (Å²) in [5.74, 6) is 0.459. The molecule has 2 aliphatic carbocycles. The van der Waals surface area contributed by atoms with Crippen molar-refractivity contribution in [2.45, 2.75) is 70.1 Å². The van der Waals surface area contributed by atoms with Crippen molar-refractivity contribution in [3.05, 3.63) is 34.9 Å². The first-order valence-electron chi connectivity index (χ1n) is 7.97. The lowest BCUT2D eigenvalue weighted by Gasteiger charge is -2.42. The molecular formula is C19H28O. The Kier molecular flexibility index (Phi) is 2.90. The first kappa shape index (κ1) is 14.1. The van der Waals surface area contributed by atoms with Crippen molar-refractivity contribution in [1.29, 1.82) is 0 Å². The summed E-state index contributed by atoms with van der Waals surface area (Å²) in [5.41, 5.74) is 5.28. The fourth-order valence-corrected chi connectivity index (χ4v) is 4.02. The summed E-state index contributed by atoms with van der Waals surface area (Å²) < 4.78 is 0. The van der Waals surface area contributed by atoms with Crippen LogP contribution in [0.15, 0.2) is 18.2 Å². The van der Waals surface area contributed by atoms with Gasteiger partial charge in [0.05, 0.1) is 0 Å². The van der Waals surface area contributed by atoms with Crippen molar-refractivity contribution in [3.8, 4) is 0 Å². The SMILES string of the molecule is CC1(C)CCC(C)(C)c2cc([C@]3(C)C[C@@H]3CO)ccc21. The van der Waals surface area contributed by atoms with E-state index >= 15 is 0 Å². The van der Waals surface area contributed by atoms with Crippen LogP contribution in [0.5, 0.6) is 0 Å². The molecule has 2 atom stereocenters. The minimum absolute atomic E-state index is 0.210. The third-order valence-electron chi connectivity index (χ3n) is 6.14. The summed E-state index contributed by atoms with van der Waals surface area (Å²) in [6, 6.07) is 7.13. The van der Waals surface area contributed by atoms with Crippen molar-refractivity contribution in [2.75, 3.05) is 6.61 Å². The summed E-state index contributed by atoms with van der Waals surface area (Å²) in [4.78, 5) is 0. The lowest BCUT2D eigenvalue weighted by atomic mass is 9.62. The van der Waals surface area contributed by atoms with Gasteiger partial charge in [-0.05, 0) is 58.1 Å². The number of hydrogen-bond donors (Lipinski definition) is 1. The first-order chi connectivity index (χ1) is 9.21. The Balaban J connectivity index is 2.08. The largest absolute Gasteiger partial charge is 0.396 e. The lowest BCUT2D eigenvalue weighted by Crippen LogP contribution is -2.34. The van der Waals surface area contributed by atoms with Crippen molar-refractivity contribution < 1.29 is 5.11 Å². The maximum absolute atomic E-state index is 9.43. The van der Waals surface area contributed by atoms with Crippen LogP contribution < -0.4 is 0 Å². The zero-order chi connectivity index (χ0) is 14.8. The second-order valence-corrected chi connectivity index (χ2v) is 8.53. The fraction of sp³-hybridized carbons (Fsp3) is 0.684. The Morgan fingerprint density at radius 1 is 1.00 bits per heavy atom. The van der Waals surface area contributed by atoms with E-state index in [1.54, 1.807) is 0 Å².